The van der Waals surface area contributed by atoms with Gasteiger partial charge in [0.2, 0.25) is 0 Å². The molecular formula is C23H22N2O3. The Morgan fingerprint density at radius 1 is 0.857 bits per heavy atom. The zero-order chi connectivity index (χ0) is 19.8. The van der Waals surface area contributed by atoms with Crippen LogP contribution in [0.3, 0.4) is 0 Å². The minimum atomic E-state index is -0.292. The van der Waals surface area contributed by atoms with Crippen LogP contribution in [0, 0.1) is 0 Å². The molecule has 0 radical (unpaired) electrons. The number of amides is 2. The molecule has 5 heteroatoms. The van der Waals surface area contributed by atoms with Crippen molar-refractivity contribution in [2.75, 3.05) is 11.9 Å². The molecule has 0 bridgehead atoms. The second-order valence-corrected chi connectivity index (χ2v) is 6.30. The Labute approximate surface area is 164 Å². The lowest BCUT2D eigenvalue weighted by atomic mass is 10.1. The number of ether oxygens (including phenoxy) is 1. The van der Waals surface area contributed by atoms with Crippen LogP contribution in [0.2, 0.25) is 0 Å². The van der Waals surface area contributed by atoms with E-state index in [4.69, 9.17) is 4.74 Å². The zero-order valence-corrected chi connectivity index (χ0v) is 15.6. The lowest BCUT2D eigenvalue weighted by molar-refractivity contribution is -0.123. The first-order chi connectivity index (χ1) is 13.6. The summed E-state index contributed by atoms with van der Waals surface area (Å²) in [5.74, 6) is -0.187. The number of rotatable bonds is 7. The van der Waals surface area contributed by atoms with Gasteiger partial charge in [0.25, 0.3) is 11.8 Å². The van der Waals surface area contributed by atoms with Gasteiger partial charge in [-0.05, 0) is 36.8 Å². The summed E-state index contributed by atoms with van der Waals surface area (Å²) < 4.78 is 5.62. The average Bonchev–Trinajstić information content (AvgIpc) is 2.74. The van der Waals surface area contributed by atoms with Crippen molar-refractivity contribution in [1.29, 1.82) is 0 Å². The van der Waals surface area contributed by atoms with Crippen LogP contribution < -0.4 is 15.4 Å². The predicted octanol–water partition coefficient (Wildman–Crippen LogP) is 4.20. The summed E-state index contributed by atoms with van der Waals surface area (Å²) in [6, 6.07) is 25.6. The van der Waals surface area contributed by atoms with E-state index in [1.54, 1.807) is 36.4 Å². The third-order valence-corrected chi connectivity index (χ3v) is 4.20. The third-order valence-electron chi connectivity index (χ3n) is 4.20. The lowest BCUT2D eigenvalue weighted by Crippen LogP contribution is -2.31. The van der Waals surface area contributed by atoms with Gasteiger partial charge < -0.3 is 15.4 Å². The first-order valence-corrected chi connectivity index (χ1v) is 9.06. The number of para-hydroxylation sites is 2. The van der Waals surface area contributed by atoms with Crippen molar-refractivity contribution in [3.05, 3.63) is 96.1 Å². The Morgan fingerprint density at radius 2 is 1.46 bits per heavy atom. The van der Waals surface area contributed by atoms with E-state index in [0.717, 1.165) is 5.56 Å². The summed E-state index contributed by atoms with van der Waals surface area (Å²) in [4.78, 5) is 24.8. The number of hydrogen-bond acceptors (Lipinski definition) is 3. The Bertz CT molecular complexity index is 927. The largest absolute Gasteiger partial charge is 0.483 e. The molecule has 0 aliphatic heterocycles. The summed E-state index contributed by atoms with van der Waals surface area (Å²) in [6.45, 7) is 1.74. The molecular weight excluding hydrogens is 352 g/mol. The van der Waals surface area contributed by atoms with E-state index < -0.39 is 0 Å². The Morgan fingerprint density at radius 3 is 2.18 bits per heavy atom. The van der Waals surface area contributed by atoms with Crippen LogP contribution in [0.15, 0.2) is 84.9 Å². The molecule has 0 aliphatic rings. The molecule has 0 aliphatic carbocycles. The van der Waals surface area contributed by atoms with Crippen LogP contribution in [0.25, 0.3) is 0 Å². The molecule has 0 fully saturated rings. The van der Waals surface area contributed by atoms with E-state index in [1.165, 1.54) is 0 Å². The van der Waals surface area contributed by atoms with Crippen molar-refractivity contribution < 1.29 is 14.3 Å². The van der Waals surface area contributed by atoms with E-state index >= 15 is 0 Å². The van der Waals surface area contributed by atoms with Gasteiger partial charge in [0.05, 0.1) is 11.6 Å². The van der Waals surface area contributed by atoms with Crippen molar-refractivity contribution in [2.45, 2.75) is 13.0 Å². The standard InChI is InChI=1S/C23H22N2O3/c1-17(18-10-4-2-5-11-18)24-22(26)16-28-21-15-9-8-14-20(21)23(27)25-19-12-6-3-7-13-19/h2-15,17H,16H2,1H3,(H,24,26)(H,25,27)/t17-/m1/s1. The van der Waals surface area contributed by atoms with Gasteiger partial charge in [-0.2, -0.15) is 0 Å². The molecule has 2 amide bonds. The van der Waals surface area contributed by atoms with Crippen LogP contribution in [0.1, 0.15) is 28.9 Å². The van der Waals surface area contributed by atoms with Gasteiger partial charge in [-0.1, -0.05) is 60.7 Å². The fourth-order valence-electron chi connectivity index (χ4n) is 2.75. The molecule has 0 heterocycles. The molecule has 0 unspecified atom stereocenters. The van der Waals surface area contributed by atoms with Crippen LogP contribution in [0.4, 0.5) is 5.69 Å². The van der Waals surface area contributed by atoms with Gasteiger partial charge in [-0.3, -0.25) is 9.59 Å². The normalized spacial score (nSPS) is 11.3. The van der Waals surface area contributed by atoms with Crippen molar-refractivity contribution >= 4 is 17.5 Å². The predicted molar refractivity (Wildman–Crippen MR) is 109 cm³/mol. The molecule has 142 valence electrons. The fourth-order valence-corrected chi connectivity index (χ4v) is 2.75. The summed E-state index contributed by atoms with van der Waals surface area (Å²) in [6.07, 6.45) is 0. The first kappa shape index (κ1) is 19.2. The summed E-state index contributed by atoms with van der Waals surface area (Å²) >= 11 is 0. The van der Waals surface area contributed by atoms with Crippen LogP contribution >= 0.6 is 0 Å². The second-order valence-electron chi connectivity index (χ2n) is 6.30. The van der Waals surface area contributed by atoms with E-state index in [2.05, 4.69) is 10.6 Å². The molecule has 2 N–H and O–H groups in total. The van der Waals surface area contributed by atoms with Gasteiger partial charge in [-0.15, -0.1) is 0 Å². The second kappa shape index (κ2) is 9.37. The van der Waals surface area contributed by atoms with Gasteiger partial charge in [0.1, 0.15) is 5.75 Å². The SMILES string of the molecule is C[C@@H](NC(=O)COc1ccccc1C(=O)Nc1ccccc1)c1ccccc1. The Balaban J connectivity index is 1.60. The topological polar surface area (TPSA) is 67.4 Å². The highest BCUT2D eigenvalue weighted by Crippen LogP contribution is 2.20. The molecule has 0 saturated carbocycles. The van der Waals surface area contributed by atoms with E-state index in [-0.39, 0.29) is 24.5 Å². The van der Waals surface area contributed by atoms with Crippen molar-refractivity contribution in [1.82, 2.24) is 5.32 Å². The number of anilines is 1. The fraction of sp³-hybridized carbons (Fsp3) is 0.130. The molecule has 3 aromatic rings. The van der Waals surface area contributed by atoms with Gasteiger partial charge in [0.15, 0.2) is 6.61 Å². The summed E-state index contributed by atoms with van der Waals surface area (Å²) in [5.41, 5.74) is 2.07. The van der Waals surface area contributed by atoms with Crippen molar-refractivity contribution in [3.8, 4) is 5.75 Å². The Hall–Kier alpha value is -3.60. The molecule has 0 aromatic heterocycles. The first-order valence-electron chi connectivity index (χ1n) is 9.06. The molecule has 1 atom stereocenters. The minimum Gasteiger partial charge on any atom is -0.483 e. The molecule has 5 nitrogen and oxygen atoms in total. The molecule has 0 spiro atoms. The number of carbonyl (C=O) groups is 2. The highest BCUT2D eigenvalue weighted by atomic mass is 16.5. The molecule has 3 aromatic carbocycles. The van der Waals surface area contributed by atoms with E-state index in [1.807, 2.05) is 55.5 Å². The maximum absolute atomic E-state index is 12.6. The lowest BCUT2D eigenvalue weighted by Gasteiger charge is -2.15. The molecule has 3 rings (SSSR count). The summed E-state index contributed by atoms with van der Waals surface area (Å²) in [7, 11) is 0. The highest BCUT2D eigenvalue weighted by molar-refractivity contribution is 6.06. The molecule has 0 saturated heterocycles. The van der Waals surface area contributed by atoms with Crippen LogP contribution in [0.5, 0.6) is 5.75 Å². The Kier molecular flexibility index (Phi) is 6.41. The monoisotopic (exact) mass is 374 g/mol. The highest BCUT2D eigenvalue weighted by Gasteiger charge is 2.15. The van der Waals surface area contributed by atoms with Gasteiger partial charge in [0, 0.05) is 5.69 Å². The number of nitrogens with one attached hydrogen (secondary N) is 2. The number of benzene rings is 3. The van der Waals surface area contributed by atoms with E-state index in [0.29, 0.717) is 17.0 Å². The van der Waals surface area contributed by atoms with Gasteiger partial charge >= 0.3 is 0 Å². The maximum atomic E-state index is 12.6. The van der Waals surface area contributed by atoms with Crippen LogP contribution in [-0.4, -0.2) is 18.4 Å². The summed E-state index contributed by atoms with van der Waals surface area (Å²) in [5, 5.41) is 5.71. The van der Waals surface area contributed by atoms with Crippen molar-refractivity contribution in [2.24, 2.45) is 0 Å². The third kappa shape index (κ3) is 5.20. The van der Waals surface area contributed by atoms with Crippen molar-refractivity contribution in [3.63, 3.8) is 0 Å². The molecule has 28 heavy (non-hydrogen) atoms. The smallest absolute Gasteiger partial charge is 0.259 e. The zero-order valence-electron chi connectivity index (χ0n) is 15.6. The maximum Gasteiger partial charge on any atom is 0.259 e. The quantitative estimate of drug-likeness (QED) is 0.651. The number of carbonyl (C=O) groups excluding carboxylic acids is 2. The number of hydrogen-bond donors (Lipinski definition) is 2. The van der Waals surface area contributed by atoms with E-state index in [9.17, 15) is 9.59 Å². The minimum absolute atomic E-state index is 0.131. The van der Waals surface area contributed by atoms with Crippen LogP contribution in [-0.2, 0) is 4.79 Å². The van der Waals surface area contributed by atoms with Gasteiger partial charge in [-0.25, -0.2) is 0 Å². The average molecular weight is 374 g/mol.